The quantitative estimate of drug-likeness (QED) is 0.423. The van der Waals surface area contributed by atoms with Crippen molar-refractivity contribution in [1.29, 1.82) is 0 Å². The van der Waals surface area contributed by atoms with Crippen molar-refractivity contribution in [2.24, 2.45) is 12.0 Å². The summed E-state index contributed by atoms with van der Waals surface area (Å²) in [5, 5.41) is 13.8. The van der Waals surface area contributed by atoms with Crippen molar-refractivity contribution in [2.45, 2.75) is 19.3 Å². The van der Waals surface area contributed by atoms with Crippen molar-refractivity contribution in [3.63, 3.8) is 0 Å². The molecule has 0 saturated carbocycles. The number of alkyl halides is 3. The maximum Gasteiger partial charge on any atom is 0.416 e. The van der Waals surface area contributed by atoms with Gasteiger partial charge in [0.15, 0.2) is 11.8 Å². The first-order chi connectivity index (χ1) is 10.9. The fraction of sp³-hybridized carbons (Fsp3) is 0.357. The zero-order chi connectivity index (χ0) is 16.9. The van der Waals surface area contributed by atoms with E-state index in [0.29, 0.717) is 19.0 Å². The Morgan fingerprint density at radius 2 is 1.79 bits per heavy atom. The summed E-state index contributed by atoms with van der Waals surface area (Å²) in [4.78, 5) is 4.05. The topological polar surface area (TPSA) is 67.1 Å². The summed E-state index contributed by atoms with van der Waals surface area (Å²) in [7, 11) is 3.44. The molecule has 0 fully saturated rings. The average molecular weight is 454 g/mol. The molecule has 0 unspecified atom stereocenters. The van der Waals surface area contributed by atoms with E-state index in [1.165, 1.54) is 12.1 Å². The van der Waals surface area contributed by atoms with Crippen molar-refractivity contribution >= 4 is 29.9 Å². The number of hydrogen-bond acceptors (Lipinski definition) is 3. The highest BCUT2D eigenvalue weighted by Crippen LogP contribution is 2.28. The molecule has 0 aliphatic carbocycles. The van der Waals surface area contributed by atoms with Gasteiger partial charge in [0.05, 0.1) is 12.1 Å². The van der Waals surface area contributed by atoms with Crippen LogP contribution < -0.4 is 10.6 Å². The number of aliphatic imine (C=N–C) groups is 1. The van der Waals surface area contributed by atoms with E-state index in [2.05, 4.69) is 25.8 Å². The molecule has 132 valence electrons. The second-order valence-corrected chi connectivity index (χ2v) is 4.83. The fourth-order valence-electron chi connectivity index (χ4n) is 1.85. The predicted octanol–water partition coefficient (Wildman–Crippen LogP) is 2.32. The van der Waals surface area contributed by atoms with Crippen LogP contribution in [0.5, 0.6) is 0 Å². The lowest BCUT2D eigenvalue weighted by Gasteiger charge is -2.12. The van der Waals surface area contributed by atoms with Crippen molar-refractivity contribution in [3.05, 3.63) is 47.5 Å². The van der Waals surface area contributed by atoms with E-state index in [0.717, 1.165) is 23.5 Å². The third-order valence-electron chi connectivity index (χ3n) is 3.18. The van der Waals surface area contributed by atoms with Crippen LogP contribution in [0.15, 0.2) is 35.6 Å². The van der Waals surface area contributed by atoms with Gasteiger partial charge in [-0.3, -0.25) is 4.99 Å². The molecule has 0 amide bonds. The molecule has 1 heterocycles. The Kier molecular flexibility index (Phi) is 7.45. The Labute approximate surface area is 154 Å². The van der Waals surface area contributed by atoms with Crippen LogP contribution in [0.4, 0.5) is 13.2 Å². The van der Waals surface area contributed by atoms with E-state index in [9.17, 15) is 13.2 Å². The minimum atomic E-state index is -4.32. The third kappa shape index (κ3) is 5.65. The molecular formula is C14H18F3IN6. The standard InChI is InChI=1S/C14H17F3N6.HI/c1-18-13(20-8-12-22-21-9-23(12)2)19-7-10-3-5-11(6-4-10)14(15,16)17;/h3-6,9H,7-8H2,1-2H3,(H2,18,19,20);1H. The molecule has 0 saturated heterocycles. The van der Waals surface area contributed by atoms with Gasteiger partial charge in [0.1, 0.15) is 6.33 Å². The molecule has 0 aliphatic rings. The van der Waals surface area contributed by atoms with E-state index >= 15 is 0 Å². The second kappa shape index (κ2) is 8.85. The molecule has 1 aromatic heterocycles. The number of nitrogens with zero attached hydrogens (tertiary/aromatic N) is 4. The predicted molar refractivity (Wildman–Crippen MR) is 94.9 cm³/mol. The van der Waals surface area contributed by atoms with E-state index in [1.807, 2.05) is 7.05 Å². The normalized spacial score (nSPS) is 11.8. The van der Waals surface area contributed by atoms with Gasteiger partial charge in [-0.05, 0) is 17.7 Å². The molecule has 0 radical (unpaired) electrons. The first-order valence-corrected chi connectivity index (χ1v) is 6.83. The minimum Gasteiger partial charge on any atom is -0.352 e. The molecular weight excluding hydrogens is 436 g/mol. The summed E-state index contributed by atoms with van der Waals surface area (Å²) in [6, 6.07) is 5.00. The van der Waals surface area contributed by atoms with Crippen molar-refractivity contribution < 1.29 is 13.2 Å². The van der Waals surface area contributed by atoms with Crippen LogP contribution in [-0.4, -0.2) is 27.8 Å². The highest BCUT2D eigenvalue weighted by atomic mass is 127. The average Bonchev–Trinajstić information content (AvgIpc) is 2.92. The second-order valence-electron chi connectivity index (χ2n) is 4.83. The monoisotopic (exact) mass is 454 g/mol. The number of aryl methyl sites for hydroxylation is 1. The lowest BCUT2D eigenvalue weighted by Crippen LogP contribution is -2.36. The number of hydrogen-bond donors (Lipinski definition) is 2. The van der Waals surface area contributed by atoms with Crippen LogP contribution in [0.3, 0.4) is 0 Å². The number of guanidine groups is 1. The van der Waals surface area contributed by atoms with Crippen molar-refractivity contribution in [3.8, 4) is 0 Å². The van der Waals surface area contributed by atoms with Crippen LogP contribution in [0, 0.1) is 0 Å². The van der Waals surface area contributed by atoms with Gasteiger partial charge in [0.2, 0.25) is 0 Å². The highest BCUT2D eigenvalue weighted by molar-refractivity contribution is 14.0. The molecule has 0 atom stereocenters. The maximum atomic E-state index is 12.5. The number of halogens is 4. The van der Waals surface area contributed by atoms with E-state index in [-0.39, 0.29) is 24.0 Å². The minimum absolute atomic E-state index is 0. The van der Waals surface area contributed by atoms with Gasteiger partial charge < -0.3 is 15.2 Å². The highest BCUT2D eigenvalue weighted by Gasteiger charge is 2.29. The van der Waals surface area contributed by atoms with Crippen LogP contribution in [0.2, 0.25) is 0 Å². The SMILES string of the molecule is CN=C(NCc1ccc(C(F)(F)F)cc1)NCc1nncn1C.I. The van der Waals surface area contributed by atoms with Gasteiger partial charge in [0, 0.05) is 20.6 Å². The molecule has 0 bridgehead atoms. The Bertz CT molecular complexity index is 666. The molecule has 6 nitrogen and oxygen atoms in total. The maximum absolute atomic E-state index is 12.5. The zero-order valence-electron chi connectivity index (χ0n) is 13.1. The third-order valence-corrected chi connectivity index (χ3v) is 3.18. The number of aromatic nitrogens is 3. The Morgan fingerprint density at radius 3 is 2.29 bits per heavy atom. The molecule has 2 rings (SSSR count). The molecule has 0 spiro atoms. The summed E-state index contributed by atoms with van der Waals surface area (Å²) in [6.45, 7) is 0.791. The Balaban J connectivity index is 0.00000288. The van der Waals surface area contributed by atoms with E-state index in [1.54, 1.807) is 17.9 Å². The Morgan fingerprint density at radius 1 is 1.17 bits per heavy atom. The summed E-state index contributed by atoms with van der Waals surface area (Å²) < 4.78 is 39.3. The van der Waals surface area contributed by atoms with Crippen molar-refractivity contribution in [1.82, 2.24) is 25.4 Å². The molecule has 2 N–H and O–H groups in total. The first kappa shape index (κ1) is 20.2. The first-order valence-electron chi connectivity index (χ1n) is 6.83. The number of nitrogens with one attached hydrogen (secondary N) is 2. The van der Waals surface area contributed by atoms with Crippen LogP contribution in [-0.2, 0) is 26.3 Å². The largest absolute Gasteiger partial charge is 0.416 e. The van der Waals surface area contributed by atoms with Gasteiger partial charge in [0.25, 0.3) is 0 Å². The van der Waals surface area contributed by atoms with Crippen LogP contribution in [0.25, 0.3) is 0 Å². The molecule has 1 aromatic carbocycles. The lowest BCUT2D eigenvalue weighted by molar-refractivity contribution is -0.137. The van der Waals surface area contributed by atoms with Crippen molar-refractivity contribution in [2.75, 3.05) is 7.05 Å². The van der Waals surface area contributed by atoms with Gasteiger partial charge in [-0.15, -0.1) is 34.2 Å². The van der Waals surface area contributed by atoms with E-state index < -0.39 is 11.7 Å². The Hall–Kier alpha value is -1.85. The van der Waals surface area contributed by atoms with Crippen LogP contribution in [0.1, 0.15) is 17.0 Å². The summed E-state index contributed by atoms with van der Waals surface area (Å²) in [6.07, 6.45) is -2.73. The van der Waals surface area contributed by atoms with Gasteiger partial charge in [-0.2, -0.15) is 13.2 Å². The van der Waals surface area contributed by atoms with E-state index in [4.69, 9.17) is 0 Å². The van der Waals surface area contributed by atoms with Crippen LogP contribution >= 0.6 is 24.0 Å². The number of benzene rings is 1. The fourth-order valence-corrected chi connectivity index (χ4v) is 1.85. The lowest BCUT2D eigenvalue weighted by atomic mass is 10.1. The smallest absolute Gasteiger partial charge is 0.352 e. The number of rotatable bonds is 4. The summed E-state index contributed by atoms with van der Waals surface area (Å²) >= 11 is 0. The molecule has 10 heteroatoms. The zero-order valence-corrected chi connectivity index (χ0v) is 15.5. The van der Waals surface area contributed by atoms with Gasteiger partial charge >= 0.3 is 6.18 Å². The van der Waals surface area contributed by atoms with Gasteiger partial charge in [-0.1, -0.05) is 12.1 Å². The van der Waals surface area contributed by atoms with Gasteiger partial charge in [-0.25, -0.2) is 0 Å². The summed E-state index contributed by atoms with van der Waals surface area (Å²) in [5.41, 5.74) is 0.0608. The summed E-state index contributed by atoms with van der Waals surface area (Å²) in [5.74, 6) is 1.26. The molecule has 2 aromatic rings. The molecule has 0 aliphatic heterocycles. The molecule has 24 heavy (non-hydrogen) atoms.